The zero-order valence-electron chi connectivity index (χ0n) is 14.6. The van der Waals surface area contributed by atoms with Crippen molar-refractivity contribution in [3.05, 3.63) is 35.0 Å². The molecule has 0 spiro atoms. The fourth-order valence-corrected chi connectivity index (χ4v) is 3.57. The second-order valence-corrected chi connectivity index (χ2v) is 6.70. The van der Waals surface area contributed by atoms with Crippen LogP contribution in [0, 0.1) is 24.5 Å². The summed E-state index contributed by atoms with van der Waals surface area (Å²) in [6.45, 7) is 3.03. The molecule has 1 unspecified atom stereocenters. The first-order valence-corrected chi connectivity index (χ1v) is 8.65. The Bertz CT molecular complexity index is 849. The predicted octanol–water partition coefficient (Wildman–Crippen LogP) is 2.20. The maximum absolute atomic E-state index is 13.9. The van der Waals surface area contributed by atoms with E-state index in [1.807, 2.05) is 0 Å². The average molecular weight is 364 g/mol. The van der Waals surface area contributed by atoms with Gasteiger partial charge < -0.3 is 20.9 Å². The Morgan fingerprint density at radius 3 is 2.88 bits per heavy atom. The molecule has 1 saturated heterocycles. The Balaban J connectivity index is 1.63. The number of nitrogens with two attached hydrogens (primary N) is 1. The molecule has 1 aliphatic rings. The molecule has 1 atom stereocenters. The van der Waals surface area contributed by atoms with Crippen molar-refractivity contribution >= 4 is 22.8 Å². The number of urea groups is 1. The monoisotopic (exact) mass is 364 g/mol. The van der Waals surface area contributed by atoms with E-state index in [1.165, 1.54) is 11.0 Å². The Morgan fingerprint density at radius 2 is 2.15 bits per heavy atom. The molecule has 0 radical (unpaired) electrons. The number of H-pyrrole nitrogens is 1. The predicted molar refractivity (Wildman–Crippen MR) is 93.5 cm³/mol. The highest BCUT2D eigenvalue weighted by Gasteiger charge is 2.27. The summed E-state index contributed by atoms with van der Waals surface area (Å²) in [5.74, 6) is -1.68. The smallest absolute Gasteiger partial charge is 0.314 e. The number of rotatable bonds is 4. The van der Waals surface area contributed by atoms with Gasteiger partial charge >= 0.3 is 6.03 Å². The number of primary amides is 1. The van der Waals surface area contributed by atoms with Crippen LogP contribution < -0.4 is 11.1 Å². The third-order valence-electron chi connectivity index (χ3n) is 4.92. The lowest BCUT2D eigenvalue weighted by Gasteiger charge is -2.30. The quantitative estimate of drug-likeness (QED) is 0.776. The van der Waals surface area contributed by atoms with Crippen LogP contribution in [-0.2, 0) is 11.2 Å². The van der Waals surface area contributed by atoms with Crippen LogP contribution in [0.4, 0.5) is 13.6 Å². The van der Waals surface area contributed by atoms with Crippen molar-refractivity contribution < 1.29 is 18.4 Å². The molecule has 6 nitrogen and oxygen atoms in total. The molecule has 8 heteroatoms. The lowest BCUT2D eigenvalue weighted by Crippen LogP contribution is -2.47. The number of halogens is 2. The van der Waals surface area contributed by atoms with Crippen molar-refractivity contribution in [2.75, 3.05) is 19.6 Å². The molecular weight excluding hydrogens is 342 g/mol. The molecule has 140 valence electrons. The van der Waals surface area contributed by atoms with E-state index < -0.39 is 17.7 Å². The number of amides is 3. The normalized spacial score (nSPS) is 17.5. The third-order valence-corrected chi connectivity index (χ3v) is 4.92. The topological polar surface area (TPSA) is 91.2 Å². The number of fused-ring (bicyclic) bond motifs is 1. The summed E-state index contributed by atoms with van der Waals surface area (Å²) >= 11 is 0. The van der Waals surface area contributed by atoms with Crippen molar-refractivity contribution in [2.24, 2.45) is 11.7 Å². The minimum atomic E-state index is -0.632. The number of hydrogen-bond acceptors (Lipinski definition) is 2. The Kier molecular flexibility index (Phi) is 5.11. The molecule has 2 aromatic rings. The molecule has 2 heterocycles. The van der Waals surface area contributed by atoms with E-state index >= 15 is 0 Å². The Labute approximate surface area is 149 Å². The number of piperidine rings is 1. The molecule has 26 heavy (non-hydrogen) atoms. The maximum atomic E-state index is 13.9. The van der Waals surface area contributed by atoms with E-state index in [9.17, 15) is 18.4 Å². The minimum absolute atomic E-state index is 0.134. The summed E-state index contributed by atoms with van der Waals surface area (Å²) in [6, 6.07) is 1.63. The number of aromatic nitrogens is 1. The molecule has 3 rings (SSSR count). The van der Waals surface area contributed by atoms with E-state index in [4.69, 9.17) is 5.73 Å². The van der Waals surface area contributed by atoms with Gasteiger partial charge in [0.1, 0.15) is 11.6 Å². The van der Waals surface area contributed by atoms with Crippen LogP contribution in [0.25, 0.3) is 10.9 Å². The SMILES string of the molecule is Cc1[nH]c2c(F)cc(F)cc2c1CCNC(=O)C1CCCN(C(N)=O)C1. The van der Waals surface area contributed by atoms with Crippen LogP contribution in [0.5, 0.6) is 0 Å². The fraction of sp³-hybridized carbons (Fsp3) is 0.444. The average Bonchev–Trinajstić information content (AvgIpc) is 2.91. The van der Waals surface area contributed by atoms with Crippen LogP contribution in [0.1, 0.15) is 24.1 Å². The number of aromatic amines is 1. The fourth-order valence-electron chi connectivity index (χ4n) is 3.57. The standard InChI is InChI=1S/C18H22F2N4O2/c1-10-13(14-7-12(19)8-15(20)16(14)23-10)4-5-22-17(25)11-3-2-6-24(9-11)18(21)26/h7-8,11,23H,2-6,9H2,1H3,(H2,21,26)(H,22,25). The molecule has 3 amide bonds. The number of benzene rings is 1. The van der Waals surface area contributed by atoms with Crippen LogP contribution in [0.15, 0.2) is 12.1 Å². The summed E-state index contributed by atoms with van der Waals surface area (Å²) in [5, 5.41) is 3.34. The highest BCUT2D eigenvalue weighted by atomic mass is 19.1. The number of carbonyl (C=O) groups excluding carboxylic acids is 2. The van der Waals surface area contributed by atoms with Gasteiger partial charge in [0.05, 0.1) is 11.4 Å². The summed E-state index contributed by atoms with van der Waals surface area (Å²) < 4.78 is 27.4. The van der Waals surface area contributed by atoms with Gasteiger partial charge in [-0.3, -0.25) is 4.79 Å². The van der Waals surface area contributed by atoms with Crippen molar-refractivity contribution in [3.63, 3.8) is 0 Å². The molecular formula is C18H22F2N4O2. The zero-order valence-corrected chi connectivity index (χ0v) is 14.6. The highest BCUT2D eigenvalue weighted by molar-refractivity contribution is 5.85. The Morgan fingerprint density at radius 1 is 1.38 bits per heavy atom. The first kappa shape index (κ1) is 18.2. The van der Waals surface area contributed by atoms with Gasteiger partial charge in [-0.2, -0.15) is 0 Å². The lowest BCUT2D eigenvalue weighted by atomic mass is 9.97. The second-order valence-electron chi connectivity index (χ2n) is 6.70. The van der Waals surface area contributed by atoms with Gasteiger partial charge in [-0.05, 0) is 37.8 Å². The van der Waals surface area contributed by atoms with Gasteiger partial charge in [0.25, 0.3) is 0 Å². The van der Waals surface area contributed by atoms with Crippen molar-refractivity contribution in [3.8, 4) is 0 Å². The molecule has 4 N–H and O–H groups in total. The van der Waals surface area contributed by atoms with E-state index in [0.717, 1.165) is 23.7 Å². The van der Waals surface area contributed by atoms with Crippen molar-refractivity contribution in [1.82, 2.24) is 15.2 Å². The van der Waals surface area contributed by atoms with Gasteiger partial charge in [0.15, 0.2) is 0 Å². The largest absolute Gasteiger partial charge is 0.356 e. The molecule has 0 aliphatic carbocycles. The summed E-state index contributed by atoms with van der Waals surface area (Å²) in [6.07, 6.45) is 1.89. The third kappa shape index (κ3) is 3.63. The van der Waals surface area contributed by atoms with Crippen LogP contribution in [0.2, 0.25) is 0 Å². The molecule has 1 fully saturated rings. The molecule has 1 aliphatic heterocycles. The highest BCUT2D eigenvalue weighted by Crippen LogP contribution is 2.26. The minimum Gasteiger partial charge on any atom is -0.356 e. The maximum Gasteiger partial charge on any atom is 0.314 e. The number of aryl methyl sites for hydroxylation is 1. The zero-order chi connectivity index (χ0) is 18.8. The van der Waals surface area contributed by atoms with Crippen LogP contribution in [-0.4, -0.2) is 41.5 Å². The van der Waals surface area contributed by atoms with Gasteiger partial charge in [-0.25, -0.2) is 13.6 Å². The van der Waals surface area contributed by atoms with E-state index in [-0.39, 0.29) is 17.3 Å². The van der Waals surface area contributed by atoms with Crippen molar-refractivity contribution in [2.45, 2.75) is 26.2 Å². The van der Waals surface area contributed by atoms with Gasteiger partial charge in [0.2, 0.25) is 5.91 Å². The van der Waals surface area contributed by atoms with Crippen LogP contribution in [0.3, 0.4) is 0 Å². The summed E-state index contributed by atoms with van der Waals surface area (Å²) in [4.78, 5) is 28.0. The number of nitrogens with one attached hydrogen (secondary N) is 2. The second kappa shape index (κ2) is 7.31. The summed E-state index contributed by atoms with van der Waals surface area (Å²) in [7, 11) is 0. The number of nitrogens with zero attached hydrogens (tertiary/aromatic N) is 1. The summed E-state index contributed by atoms with van der Waals surface area (Å²) in [5.41, 5.74) is 7.08. The number of likely N-dealkylation sites (tertiary alicyclic amines) is 1. The van der Waals surface area contributed by atoms with E-state index in [0.29, 0.717) is 37.9 Å². The lowest BCUT2D eigenvalue weighted by molar-refractivity contribution is -0.126. The van der Waals surface area contributed by atoms with Gasteiger partial charge in [-0.1, -0.05) is 0 Å². The van der Waals surface area contributed by atoms with Crippen LogP contribution >= 0.6 is 0 Å². The molecule has 1 aromatic heterocycles. The molecule has 0 saturated carbocycles. The van der Waals surface area contributed by atoms with E-state index in [2.05, 4.69) is 10.3 Å². The first-order chi connectivity index (χ1) is 12.4. The number of carbonyl (C=O) groups is 2. The van der Waals surface area contributed by atoms with Crippen molar-refractivity contribution in [1.29, 1.82) is 0 Å². The molecule has 1 aromatic carbocycles. The van der Waals surface area contributed by atoms with E-state index in [1.54, 1.807) is 6.92 Å². The molecule has 0 bridgehead atoms. The van der Waals surface area contributed by atoms with Gasteiger partial charge in [0, 0.05) is 36.8 Å². The number of hydrogen-bond donors (Lipinski definition) is 3. The Hall–Kier alpha value is -2.64. The first-order valence-electron chi connectivity index (χ1n) is 8.65. The van der Waals surface area contributed by atoms with Gasteiger partial charge in [-0.15, -0.1) is 0 Å².